The molecule has 0 saturated heterocycles. The SMILES string of the molecule is O=C=Nc1cc(CC2CC2(F)F)c(Cl)cc1F. The molecule has 0 aromatic heterocycles. The van der Waals surface area contributed by atoms with Crippen LogP contribution in [0.2, 0.25) is 5.02 Å². The molecule has 17 heavy (non-hydrogen) atoms. The summed E-state index contributed by atoms with van der Waals surface area (Å²) in [5, 5.41) is 0.0649. The van der Waals surface area contributed by atoms with Crippen LogP contribution < -0.4 is 0 Å². The highest BCUT2D eigenvalue weighted by Crippen LogP contribution is 2.51. The minimum absolute atomic E-state index is 0.0491. The number of nitrogens with zero attached hydrogens (tertiary/aromatic N) is 1. The minimum Gasteiger partial charge on any atom is -0.211 e. The lowest BCUT2D eigenvalue weighted by molar-refractivity contribution is 0.0989. The smallest absolute Gasteiger partial charge is 0.211 e. The monoisotopic (exact) mass is 261 g/mol. The van der Waals surface area contributed by atoms with Gasteiger partial charge in [-0.15, -0.1) is 0 Å². The second-order valence-corrected chi connectivity index (χ2v) is 4.37. The van der Waals surface area contributed by atoms with Crippen LogP contribution in [0.4, 0.5) is 18.9 Å². The Morgan fingerprint density at radius 1 is 1.53 bits per heavy atom. The molecule has 90 valence electrons. The number of rotatable bonds is 3. The van der Waals surface area contributed by atoms with Crippen LogP contribution in [0.5, 0.6) is 0 Å². The van der Waals surface area contributed by atoms with Crippen LogP contribution in [0.15, 0.2) is 17.1 Å². The lowest BCUT2D eigenvalue weighted by Gasteiger charge is -2.05. The molecule has 1 saturated carbocycles. The largest absolute Gasteiger partial charge is 0.251 e. The number of isocyanates is 1. The molecule has 2 rings (SSSR count). The van der Waals surface area contributed by atoms with Crippen molar-refractivity contribution in [2.24, 2.45) is 10.9 Å². The molecule has 0 bridgehead atoms. The van der Waals surface area contributed by atoms with Crippen LogP contribution in [0.25, 0.3) is 0 Å². The van der Waals surface area contributed by atoms with E-state index in [1.807, 2.05) is 0 Å². The van der Waals surface area contributed by atoms with E-state index in [1.165, 1.54) is 12.1 Å². The van der Waals surface area contributed by atoms with Gasteiger partial charge in [-0.3, -0.25) is 0 Å². The Morgan fingerprint density at radius 3 is 2.71 bits per heavy atom. The Labute approximate surface area is 100 Å². The van der Waals surface area contributed by atoms with Crippen LogP contribution in [0.1, 0.15) is 12.0 Å². The van der Waals surface area contributed by atoms with Gasteiger partial charge in [0, 0.05) is 17.4 Å². The Morgan fingerprint density at radius 2 is 2.18 bits per heavy atom. The predicted octanol–water partition coefficient (Wildman–Crippen LogP) is 3.64. The number of aliphatic imine (C=N–C) groups is 1. The minimum atomic E-state index is -2.66. The van der Waals surface area contributed by atoms with Crippen molar-refractivity contribution >= 4 is 23.4 Å². The van der Waals surface area contributed by atoms with Crippen molar-refractivity contribution in [2.75, 3.05) is 0 Å². The highest BCUT2D eigenvalue weighted by atomic mass is 35.5. The Kier molecular flexibility index (Phi) is 2.98. The van der Waals surface area contributed by atoms with Gasteiger partial charge in [-0.1, -0.05) is 11.6 Å². The first-order valence-corrected chi connectivity index (χ1v) is 5.25. The highest BCUT2D eigenvalue weighted by Gasteiger charge is 2.56. The fourth-order valence-corrected chi connectivity index (χ4v) is 1.86. The summed E-state index contributed by atoms with van der Waals surface area (Å²) in [6, 6.07) is 2.17. The number of hydrogen-bond acceptors (Lipinski definition) is 2. The van der Waals surface area contributed by atoms with Gasteiger partial charge in [-0.05, 0) is 24.1 Å². The van der Waals surface area contributed by atoms with Crippen molar-refractivity contribution in [3.05, 3.63) is 28.5 Å². The van der Waals surface area contributed by atoms with E-state index in [2.05, 4.69) is 4.99 Å². The summed E-state index contributed by atoms with van der Waals surface area (Å²) in [6.07, 6.45) is 1.06. The molecule has 1 fully saturated rings. The van der Waals surface area contributed by atoms with Crippen LogP contribution in [0, 0.1) is 11.7 Å². The first-order valence-electron chi connectivity index (χ1n) is 4.87. The standard InChI is InChI=1S/C11H7ClF3NO/c12-8-3-9(13)10(16-5-17)2-6(8)1-7-4-11(7,14)15/h2-3,7H,1,4H2. The summed E-state index contributed by atoms with van der Waals surface area (Å²) in [4.78, 5) is 13.2. The van der Waals surface area contributed by atoms with Gasteiger partial charge in [0.15, 0.2) is 5.82 Å². The number of alkyl halides is 2. The van der Waals surface area contributed by atoms with Gasteiger partial charge < -0.3 is 0 Å². The molecule has 1 aliphatic carbocycles. The van der Waals surface area contributed by atoms with Crippen molar-refractivity contribution in [3.8, 4) is 0 Å². The topological polar surface area (TPSA) is 29.4 Å². The lowest BCUT2D eigenvalue weighted by Crippen LogP contribution is -1.98. The van der Waals surface area contributed by atoms with Crippen LogP contribution in [-0.2, 0) is 11.2 Å². The molecule has 6 heteroatoms. The molecule has 0 N–H and O–H groups in total. The second-order valence-electron chi connectivity index (χ2n) is 3.96. The maximum Gasteiger partial charge on any atom is 0.251 e. The van der Waals surface area contributed by atoms with E-state index in [0.29, 0.717) is 5.56 Å². The molecule has 0 heterocycles. The Hall–Kier alpha value is -1.32. The molecule has 0 radical (unpaired) electrons. The van der Waals surface area contributed by atoms with Gasteiger partial charge in [0.2, 0.25) is 6.08 Å². The average molecular weight is 262 g/mol. The van der Waals surface area contributed by atoms with Gasteiger partial charge in [-0.2, -0.15) is 4.99 Å². The zero-order valence-electron chi connectivity index (χ0n) is 8.51. The molecule has 1 aliphatic rings. The fraction of sp³-hybridized carbons (Fsp3) is 0.364. The average Bonchev–Trinajstić information content (AvgIpc) is 2.82. The van der Waals surface area contributed by atoms with E-state index >= 15 is 0 Å². The maximum absolute atomic E-state index is 13.2. The van der Waals surface area contributed by atoms with Gasteiger partial charge in [0.05, 0.1) is 0 Å². The van der Waals surface area contributed by atoms with E-state index < -0.39 is 17.7 Å². The fourth-order valence-electron chi connectivity index (χ4n) is 1.63. The van der Waals surface area contributed by atoms with Crippen molar-refractivity contribution in [1.82, 2.24) is 0 Å². The molecule has 2 nitrogen and oxygen atoms in total. The number of halogens is 4. The van der Waals surface area contributed by atoms with E-state index in [9.17, 15) is 18.0 Å². The molecule has 1 unspecified atom stereocenters. The molecule has 1 aromatic rings. The molecule has 0 amide bonds. The zero-order valence-corrected chi connectivity index (χ0v) is 9.27. The molecular formula is C11H7ClF3NO. The van der Waals surface area contributed by atoms with E-state index in [0.717, 1.165) is 6.07 Å². The van der Waals surface area contributed by atoms with Gasteiger partial charge in [-0.25, -0.2) is 18.0 Å². The van der Waals surface area contributed by atoms with Crippen molar-refractivity contribution in [1.29, 1.82) is 0 Å². The van der Waals surface area contributed by atoms with E-state index in [4.69, 9.17) is 11.6 Å². The van der Waals surface area contributed by atoms with E-state index in [1.54, 1.807) is 0 Å². The molecular weight excluding hydrogens is 255 g/mol. The number of carbonyl (C=O) groups excluding carboxylic acids is 1. The highest BCUT2D eigenvalue weighted by molar-refractivity contribution is 6.31. The molecule has 1 atom stereocenters. The summed E-state index contributed by atoms with van der Waals surface area (Å²) in [6.45, 7) is 0. The third-order valence-electron chi connectivity index (χ3n) is 2.70. The summed E-state index contributed by atoms with van der Waals surface area (Å²) in [5.41, 5.74) is 0.132. The number of benzene rings is 1. The predicted molar refractivity (Wildman–Crippen MR) is 55.9 cm³/mol. The third kappa shape index (κ3) is 2.51. The molecule has 0 aliphatic heterocycles. The van der Waals surface area contributed by atoms with Crippen LogP contribution in [-0.4, -0.2) is 12.0 Å². The van der Waals surface area contributed by atoms with Gasteiger partial charge >= 0.3 is 0 Å². The van der Waals surface area contributed by atoms with Crippen molar-refractivity contribution in [3.63, 3.8) is 0 Å². The normalized spacial score (nSPS) is 20.8. The van der Waals surface area contributed by atoms with Crippen molar-refractivity contribution in [2.45, 2.75) is 18.8 Å². The second kappa shape index (κ2) is 4.17. The van der Waals surface area contributed by atoms with Crippen molar-refractivity contribution < 1.29 is 18.0 Å². The van der Waals surface area contributed by atoms with E-state index in [-0.39, 0.29) is 23.6 Å². The zero-order chi connectivity index (χ0) is 12.6. The molecule has 0 spiro atoms. The summed E-state index contributed by atoms with van der Waals surface area (Å²) < 4.78 is 38.7. The lowest BCUT2D eigenvalue weighted by atomic mass is 10.1. The third-order valence-corrected chi connectivity index (χ3v) is 3.06. The first kappa shape index (κ1) is 12.1. The Balaban J connectivity index is 2.28. The van der Waals surface area contributed by atoms with Gasteiger partial charge in [0.25, 0.3) is 5.92 Å². The number of hydrogen-bond donors (Lipinski definition) is 0. The van der Waals surface area contributed by atoms with Gasteiger partial charge in [0.1, 0.15) is 5.69 Å². The summed E-state index contributed by atoms with van der Waals surface area (Å²) in [7, 11) is 0. The molecule has 1 aromatic carbocycles. The maximum atomic E-state index is 13.2. The Bertz CT molecular complexity index is 512. The summed E-state index contributed by atoms with van der Waals surface area (Å²) >= 11 is 5.74. The quantitative estimate of drug-likeness (QED) is 0.603. The first-order chi connectivity index (χ1) is 7.94. The van der Waals surface area contributed by atoms with Crippen LogP contribution >= 0.6 is 11.6 Å². The van der Waals surface area contributed by atoms with Crippen LogP contribution in [0.3, 0.4) is 0 Å². The summed E-state index contributed by atoms with van der Waals surface area (Å²) in [5.74, 6) is -4.20.